The van der Waals surface area contributed by atoms with E-state index in [1.165, 1.54) is 0 Å². The minimum atomic E-state index is 0.852. The minimum Gasteiger partial charge on any atom is -0.396 e. The Morgan fingerprint density at radius 2 is 1.67 bits per heavy atom. The highest BCUT2D eigenvalue weighted by molar-refractivity contribution is 5.78. The molecular weight excluding hydrogens is 260 g/mol. The van der Waals surface area contributed by atoms with Crippen molar-refractivity contribution in [3.8, 4) is 0 Å². The molecule has 0 spiro atoms. The van der Waals surface area contributed by atoms with Crippen LogP contribution in [0, 0.1) is 0 Å². The second kappa shape index (κ2) is 5.44. The van der Waals surface area contributed by atoms with Crippen molar-refractivity contribution in [2.45, 2.75) is 0 Å². The van der Waals surface area contributed by atoms with Crippen LogP contribution in [0.2, 0.25) is 0 Å². The van der Waals surface area contributed by atoms with Crippen LogP contribution in [0.15, 0.2) is 59.0 Å². The highest BCUT2D eigenvalue weighted by Crippen LogP contribution is 2.22. The van der Waals surface area contributed by atoms with E-state index in [0.29, 0.717) is 0 Å². The predicted octanol–water partition coefficient (Wildman–Crippen LogP) is 3.32. The first-order chi connectivity index (χ1) is 10.2. The summed E-state index contributed by atoms with van der Waals surface area (Å²) in [5, 5.41) is 0. The molecule has 0 aliphatic heterocycles. The topological polar surface area (TPSA) is 20.3 Å². The number of oxazole rings is 1. The van der Waals surface area contributed by atoms with E-state index >= 15 is 0 Å². The lowest BCUT2D eigenvalue weighted by atomic mass is 10.2. The van der Waals surface area contributed by atoms with Crippen molar-refractivity contribution in [2.75, 3.05) is 14.1 Å². The molecule has 0 fully saturated rings. The van der Waals surface area contributed by atoms with E-state index < -0.39 is 0 Å². The molecule has 0 saturated carbocycles. The van der Waals surface area contributed by atoms with Crippen molar-refractivity contribution < 1.29 is 8.98 Å². The van der Waals surface area contributed by atoms with Crippen LogP contribution >= 0.6 is 0 Å². The molecule has 0 bridgehead atoms. The van der Waals surface area contributed by atoms with Crippen LogP contribution < -0.4 is 4.57 Å². The second-order valence-corrected chi connectivity index (χ2v) is 5.27. The molecule has 3 heteroatoms. The Morgan fingerprint density at radius 1 is 1.00 bits per heavy atom. The molecule has 2 aromatic carbocycles. The Hall–Kier alpha value is -2.55. The number of rotatable bonds is 3. The normalized spacial score (nSPS) is 11.9. The first kappa shape index (κ1) is 13.4. The second-order valence-electron chi connectivity index (χ2n) is 5.27. The molecule has 0 radical (unpaired) electrons. The number of nitrogens with zero attached hydrogens (tertiary/aromatic N) is 2. The highest BCUT2D eigenvalue weighted by Gasteiger charge is 2.24. The first-order valence-electron chi connectivity index (χ1n) is 6.99. The van der Waals surface area contributed by atoms with Crippen LogP contribution in [-0.2, 0) is 7.05 Å². The lowest BCUT2D eigenvalue weighted by Crippen LogP contribution is -2.33. The van der Waals surface area contributed by atoms with Crippen molar-refractivity contribution in [3.05, 3.63) is 66.1 Å². The summed E-state index contributed by atoms with van der Waals surface area (Å²) >= 11 is 0. The summed E-state index contributed by atoms with van der Waals surface area (Å²) in [5.74, 6) is 0.852. The third-order valence-corrected chi connectivity index (χ3v) is 3.54. The van der Waals surface area contributed by atoms with E-state index in [1.807, 2.05) is 57.5 Å². The van der Waals surface area contributed by atoms with Crippen molar-refractivity contribution in [1.82, 2.24) is 4.90 Å². The minimum absolute atomic E-state index is 0.852. The molecule has 0 saturated heterocycles. The molecule has 0 atom stereocenters. The van der Waals surface area contributed by atoms with Gasteiger partial charge in [-0.2, -0.15) is 4.57 Å². The van der Waals surface area contributed by atoms with Gasteiger partial charge in [0.1, 0.15) is 7.05 Å². The summed E-state index contributed by atoms with van der Waals surface area (Å²) in [6.45, 7) is 0. The lowest BCUT2D eigenvalue weighted by Gasteiger charge is -2.12. The molecule has 106 valence electrons. The molecule has 1 aromatic heterocycles. The molecule has 0 aliphatic rings. The zero-order chi connectivity index (χ0) is 14.8. The first-order valence-corrected chi connectivity index (χ1v) is 6.99. The van der Waals surface area contributed by atoms with Crippen molar-refractivity contribution in [1.29, 1.82) is 0 Å². The van der Waals surface area contributed by atoms with E-state index in [0.717, 1.165) is 28.3 Å². The van der Waals surface area contributed by atoms with Gasteiger partial charge in [-0.1, -0.05) is 42.5 Å². The maximum Gasteiger partial charge on any atom is 0.398 e. The van der Waals surface area contributed by atoms with Gasteiger partial charge in [0.2, 0.25) is 5.58 Å². The van der Waals surface area contributed by atoms with Gasteiger partial charge >= 0.3 is 5.89 Å². The predicted molar refractivity (Wildman–Crippen MR) is 85.4 cm³/mol. The smallest absolute Gasteiger partial charge is 0.396 e. The number of benzene rings is 2. The van der Waals surface area contributed by atoms with Crippen LogP contribution in [0.25, 0.3) is 22.9 Å². The molecule has 21 heavy (non-hydrogen) atoms. The number of aryl methyl sites for hydroxylation is 1. The molecule has 0 amide bonds. The molecule has 0 aliphatic carbocycles. The molecule has 3 nitrogen and oxygen atoms in total. The maximum atomic E-state index is 6.05. The Labute approximate surface area is 124 Å². The molecule has 3 rings (SSSR count). The molecule has 0 unspecified atom stereocenters. The average Bonchev–Trinajstić information content (AvgIpc) is 2.83. The fraction of sp³-hybridized carbons (Fsp3) is 0.167. The molecule has 1 heterocycles. The van der Waals surface area contributed by atoms with E-state index in [4.69, 9.17) is 4.42 Å². The Morgan fingerprint density at radius 3 is 2.33 bits per heavy atom. The average molecular weight is 279 g/mol. The van der Waals surface area contributed by atoms with Gasteiger partial charge in [0.15, 0.2) is 5.70 Å². The summed E-state index contributed by atoms with van der Waals surface area (Å²) < 4.78 is 8.13. The quantitative estimate of drug-likeness (QED) is 0.685. The summed E-state index contributed by atoms with van der Waals surface area (Å²) in [7, 11) is 6.09. The number of aromatic nitrogens is 1. The third kappa shape index (κ3) is 2.55. The van der Waals surface area contributed by atoms with Gasteiger partial charge in [-0.25, -0.2) is 0 Å². The number of fused-ring (bicyclic) bond motifs is 1. The van der Waals surface area contributed by atoms with Gasteiger partial charge in [-0.05, 0) is 17.7 Å². The fourth-order valence-corrected chi connectivity index (χ4v) is 2.42. The Kier molecular flexibility index (Phi) is 3.48. The van der Waals surface area contributed by atoms with Crippen molar-refractivity contribution in [2.24, 2.45) is 7.05 Å². The van der Waals surface area contributed by atoms with Gasteiger partial charge < -0.3 is 9.32 Å². The van der Waals surface area contributed by atoms with Gasteiger partial charge in [0, 0.05) is 20.2 Å². The number of hydrogen-bond donors (Lipinski definition) is 0. The van der Waals surface area contributed by atoms with Crippen LogP contribution in [0.4, 0.5) is 0 Å². The Balaban J connectivity index is 2.16. The zero-order valence-corrected chi connectivity index (χ0v) is 12.6. The highest BCUT2D eigenvalue weighted by atomic mass is 16.4. The summed E-state index contributed by atoms with van der Waals surface area (Å²) in [4.78, 5) is 2.07. The van der Waals surface area contributed by atoms with Crippen LogP contribution in [0.3, 0.4) is 0 Å². The van der Waals surface area contributed by atoms with Crippen molar-refractivity contribution in [3.63, 3.8) is 0 Å². The zero-order valence-electron chi connectivity index (χ0n) is 12.6. The lowest BCUT2D eigenvalue weighted by molar-refractivity contribution is -0.653. The monoisotopic (exact) mass is 279 g/mol. The summed E-state index contributed by atoms with van der Waals surface area (Å²) in [5.41, 5.74) is 4.19. The van der Waals surface area contributed by atoms with Crippen molar-refractivity contribution >= 4 is 22.9 Å². The maximum absolute atomic E-state index is 6.05. The van der Waals surface area contributed by atoms with Crippen LogP contribution in [-0.4, -0.2) is 19.0 Å². The standard InChI is InChI=1S/C18H19N2O/c1-19(2)16(13-14-9-5-4-6-10-14)18-20(3)15-11-7-8-12-17(15)21-18/h4-13H,1-3H3/q+1. The number of para-hydroxylation sites is 2. The molecular formula is C18H19N2O+. The van der Waals surface area contributed by atoms with Gasteiger partial charge in [-0.3, -0.25) is 0 Å². The third-order valence-electron chi connectivity index (χ3n) is 3.54. The number of hydrogen-bond acceptors (Lipinski definition) is 2. The molecule has 3 aromatic rings. The van der Waals surface area contributed by atoms with E-state index in [-0.39, 0.29) is 0 Å². The Bertz CT molecular complexity index is 785. The molecule has 0 N–H and O–H groups in total. The van der Waals surface area contributed by atoms with E-state index in [2.05, 4.69) is 33.7 Å². The fourth-order valence-electron chi connectivity index (χ4n) is 2.42. The summed E-state index contributed by atoms with van der Waals surface area (Å²) in [6.07, 6.45) is 2.14. The van der Waals surface area contributed by atoms with Gasteiger partial charge in [0.05, 0.1) is 0 Å². The van der Waals surface area contributed by atoms with Gasteiger partial charge in [-0.15, -0.1) is 0 Å². The summed E-state index contributed by atoms with van der Waals surface area (Å²) in [6, 6.07) is 18.4. The van der Waals surface area contributed by atoms with Crippen LogP contribution in [0.5, 0.6) is 0 Å². The van der Waals surface area contributed by atoms with E-state index in [1.54, 1.807) is 0 Å². The van der Waals surface area contributed by atoms with Crippen LogP contribution in [0.1, 0.15) is 11.5 Å². The van der Waals surface area contributed by atoms with Gasteiger partial charge in [0.25, 0.3) is 5.52 Å². The largest absolute Gasteiger partial charge is 0.398 e. The SMILES string of the molecule is CN(C)C(=Cc1ccccc1)c1oc2ccccc2[n+]1C. The van der Waals surface area contributed by atoms with E-state index in [9.17, 15) is 0 Å².